The highest BCUT2D eigenvalue weighted by atomic mass is 32.2. The number of rotatable bonds is 5. The molecule has 1 aliphatic rings. The van der Waals surface area contributed by atoms with Gasteiger partial charge in [0, 0.05) is 17.1 Å². The van der Waals surface area contributed by atoms with Gasteiger partial charge in [-0.25, -0.2) is 0 Å². The first-order chi connectivity index (χ1) is 6.97. The van der Waals surface area contributed by atoms with Gasteiger partial charge < -0.3 is 9.84 Å². The molecule has 0 amide bonds. The van der Waals surface area contributed by atoms with Crippen LogP contribution in [0.15, 0.2) is 0 Å². The Bertz CT molecular complexity index is 171. The fourth-order valence-corrected chi connectivity index (χ4v) is 2.54. The predicted octanol–water partition coefficient (Wildman–Crippen LogP) is 2.84. The van der Waals surface area contributed by atoms with Gasteiger partial charge in [-0.15, -0.1) is 0 Å². The third-order valence-corrected chi connectivity index (χ3v) is 3.97. The molecule has 1 N–H and O–H groups in total. The summed E-state index contributed by atoms with van der Waals surface area (Å²) in [4.78, 5) is 0. The summed E-state index contributed by atoms with van der Waals surface area (Å²) < 4.78 is 5.79. The molecule has 1 aliphatic heterocycles. The van der Waals surface area contributed by atoms with Crippen LogP contribution in [0.2, 0.25) is 0 Å². The molecule has 0 aromatic rings. The lowest BCUT2D eigenvalue weighted by molar-refractivity contribution is 0.0860. The summed E-state index contributed by atoms with van der Waals surface area (Å²) in [5.41, 5.74) is 0. The van der Waals surface area contributed by atoms with Crippen LogP contribution in [0.25, 0.3) is 0 Å². The summed E-state index contributed by atoms with van der Waals surface area (Å²) in [5.74, 6) is 0.843. The van der Waals surface area contributed by atoms with Gasteiger partial charge in [0.2, 0.25) is 0 Å². The minimum Gasteiger partial charge on any atom is -0.392 e. The smallest absolute Gasteiger partial charge is 0.0631 e. The van der Waals surface area contributed by atoms with Crippen molar-refractivity contribution in [2.75, 3.05) is 12.4 Å². The zero-order valence-electron chi connectivity index (χ0n) is 10.2. The molecule has 0 radical (unpaired) electrons. The standard InChI is InChI=1S/C12H24O2S/c1-12(2,3)15-9-10(13)6-7-11-5-4-8-14-11/h10-11,13H,4-9H2,1-3H3. The number of ether oxygens (including phenoxy) is 1. The van der Waals surface area contributed by atoms with Crippen molar-refractivity contribution in [3.8, 4) is 0 Å². The van der Waals surface area contributed by atoms with Crippen LogP contribution < -0.4 is 0 Å². The van der Waals surface area contributed by atoms with Crippen molar-refractivity contribution < 1.29 is 9.84 Å². The van der Waals surface area contributed by atoms with Crippen LogP contribution >= 0.6 is 11.8 Å². The van der Waals surface area contributed by atoms with E-state index in [0.717, 1.165) is 25.2 Å². The molecule has 0 bridgehead atoms. The van der Waals surface area contributed by atoms with Crippen LogP contribution in [-0.4, -0.2) is 34.4 Å². The normalized spacial score (nSPS) is 24.4. The van der Waals surface area contributed by atoms with Crippen LogP contribution in [0.4, 0.5) is 0 Å². The maximum atomic E-state index is 9.80. The summed E-state index contributed by atoms with van der Waals surface area (Å²) >= 11 is 1.83. The quantitative estimate of drug-likeness (QED) is 0.790. The Hall–Kier alpha value is 0.270. The van der Waals surface area contributed by atoms with Crippen LogP contribution in [0.3, 0.4) is 0 Å². The Morgan fingerprint density at radius 1 is 1.47 bits per heavy atom. The molecule has 1 saturated heterocycles. The first-order valence-corrected chi connectivity index (χ1v) is 6.89. The minimum atomic E-state index is -0.168. The average molecular weight is 232 g/mol. The van der Waals surface area contributed by atoms with E-state index < -0.39 is 0 Å². The number of aliphatic hydroxyl groups excluding tert-OH is 1. The molecule has 3 heteroatoms. The Morgan fingerprint density at radius 2 is 2.20 bits per heavy atom. The third-order valence-electron chi connectivity index (χ3n) is 2.55. The van der Waals surface area contributed by atoms with Gasteiger partial charge in [0.25, 0.3) is 0 Å². The fourth-order valence-electron chi connectivity index (χ4n) is 1.68. The summed E-state index contributed by atoms with van der Waals surface area (Å²) in [6.45, 7) is 7.47. The molecule has 15 heavy (non-hydrogen) atoms. The molecule has 1 fully saturated rings. The average Bonchev–Trinajstić information content (AvgIpc) is 2.62. The van der Waals surface area contributed by atoms with E-state index in [9.17, 15) is 5.11 Å². The fraction of sp³-hybridized carbons (Fsp3) is 1.00. The predicted molar refractivity (Wildman–Crippen MR) is 66.4 cm³/mol. The summed E-state index contributed by atoms with van der Waals surface area (Å²) in [6, 6.07) is 0. The van der Waals surface area contributed by atoms with E-state index in [1.807, 2.05) is 11.8 Å². The van der Waals surface area contributed by atoms with E-state index in [1.54, 1.807) is 0 Å². The van der Waals surface area contributed by atoms with Gasteiger partial charge in [-0.3, -0.25) is 0 Å². The van der Waals surface area contributed by atoms with Crippen molar-refractivity contribution in [2.24, 2.45) is 0 Å². The van der Waals surface area contributed by atoms with E-state index in [0.29, 0.717) is 6.10 Å². The van der Waals surface area contributed by atoms with Gasteiger partial charge >= 0.3 is 0 Å². The van der Waals surface area contributed by atoms with Gasteiger partial charge in [0.15, 0.2) is 0 Å². The number of hydrogen-bond acceptors (Lipinski definition) is 3. The van der Waals surface area contributed by atoms with Gasteiger partial charge in [-0.2, -0.15) is 11.8 Å². The molecule has 0 aromatic carbocycles. The van der Waals surface area contributed by atoms with Crippen molar-refractivity contribution in [1.82, 2.24) is 0 Å². The third kappa shape index (κ3) is 6.44. The van der Waals surface area contributed by atoms with Crippen molar-refractivity contribution in [3.05, 3.63) is 0 Å². The molecule has 2 nitrogen and oxygen atoms in total. The topological polar surface area (TPSA) is 29.5 Å². The highest BCUT2D eigenvalue weighted by molar-refractivity contribution is 8.00. The number of aliphatic hydroxyl groups is 1. The van der Waals surface area contributed by atoms with Crippen LogP contribution in [-0.2, 0) is 4.74 Å². The van der Waals surface area contributed by atoms with Gasteiger partial charge in [0.1, 0.15) is 0 Å². The van der Waals surface area contributed by atoms with Crippen molar-refractivity contribution >= 4 is 11.8 Å². The number of thioether (sulfide) groups is 1. The van der Waals surface area contributed by atoms with E-state index in [-0.39, 0.29) is 10.9 Å². The molecule has 0 aliphatic carbocycles. The van der Waals surface area contributed by atoms with Gasteiger partial charge in [-0.1, -0.05) is 20.8 Å². The zero-order valence-corrected chi connectivity index (χ0v) is 11.0. The highest BCUT2D eigenvalue weighted by Gasteiger charge is 2.18. The molecule has 0 aromatic heterocycles. The molecule has 1 rings (SSSR count). The van der Waals surface area contributed by atoms with Crippen LogP contribution in [0, 0.1) is 0 Å². The van der Waals surface area contributed by atoms with E-state index in [2.05, 4.69) is 20.8 Å². The zero-order chi connectivity index (χ0) is 11.3. The van der Waals surface area contributed by atoms with Crippen molar-refractivity contribution in [3.63, 3.8) is 0 Å². The Morgan fingerprint density at radius 3 is 2.73 bits per heavy atom. The molecular formula is C12H24O2S. The monoisotopic (exact) mass is 232 g/mol. The molecular weight excluding hydrogens is 208 g/mol. The Balaban J connectivity index is 2.05. The first kappa shape index (κ1) is 13.3. The minimum absolute atomic E-state index is 0.168. The molecule has 2 unspecified atom stereocenters. The summed E-state index contributed by atoms with van der Waals surface area (Å²) in [6.07, 6.45) is 4.52. The second kappa shape index (κ2) is 6.12. The second-order valence-electron chi connectivity index (χ2n) is 5.29. The molecule has 1 heterocycles. The van der Waals surface area contributed by atoms with E-state index in [1.165, 1.54) is 12.8 Å². The SMILES string of the molecule is CC(C)(C)SCC(O)CCC1CCCO1. The summed E-state index contributed by atoms with van der Waals surface area (Å²) in [5, 5.41) is 9.80. The highest BCUT2D eigenvalue weighted by Crippen LogP contribution is 2.25. The Labute approximate surface area is 97.8 Å². The van der Waals surface area contributed by atoms with Crippen molar-refractivity contribution in [1.29, 1.82) is 0 Å². The van der Waals surface area contributed by atoms with Gasteiger partial charge in [-0.05, 0) is 25.7 Å². The van der Waals surface area contributed by atoms with E-state index >= 15 is 0 Å². The lowest BCUT2D eigenvalue weighted by Gasteiger charge is -2.20. The maximum Gasteiger partial charge on any atom is 0.0631 e. The van der Waals surface area contributed by atoms with Crippen LogP contribution in [0.1, 0.15) is 46.5 Å². The number of hydrogen-bond donors (Lipinski definition) is 1. The molecule has 0 spiro atoms. The molecule has 0 saturated carbocycles. The largest absolute Gasteiger partial charge is 0.392 e. The lowest BCUT2D eigenvalue weighted by atomic mass is 10.1. The molecule has 90 valence electrons. The Kier molecular flexibility index (Phi) is 5.44. The van der Waals surface area contributed by atoms with Crippen molar-refractivity contribution in [2.45, 2.75) is 63.4 Å². The van der Waals surface area contributed by atoms with E-state index in [4.69, 9.17) is 4.74 Å². The molecule has 2 atom stereocenters. The maximum absolute atomic E-state index is 9.80. The summed E-state index contributed by atoms with van der Waals surface area (Å²) in [7, 11) is 0. The first-order valence-electron chi connectivity index (χ1n) is 5.91. The van der Waals surface area contributed by atoms with Gasteiger partial charge in [0.05, 0.1) is 12.2 Å². The second-order valence-corrected chi connectivity index (χ2v) is 7.14. The lowest BCUT2D eigenvalue weighted by Crippen LogP contribution is -2.18. The van der Waals surface area contributed by atoms with Crippen LogP contribution in [0.5, 0.6) is 0 Å².